The Bertz CT molecular complexity index is 996. The van der Waals surface area contributed by atoms with Gasteiger partial charge in [0.2, 0.25) is 0 Å². The maximum Gasteiger partial charge on any atom is 0.145 e. The fourth-order valence-corrected chi connectivity index (χ4v) is 3.18. The van der Waals surface area contributed by atoms with Crippen molar-refractivity contribution in [2.75, 3.05) is 5.32 Å². The van der Waals surface area contributed by atoms with Crippen molar-refractivity contribution in [2.24, 2.45) is 0 Å². The summed E-state index contributed by atoms with van der Waals surface area (Å²) in [7, 11) is 0. The van der Waals surface area contributed by atoms with Crippen LogP contribution in [0.1, 0.15) is 17.8 Å². The third-order valence-corrected chi connectivity index (χ3v) is 4.64. The molecular weight excluding hydrogens is 346 g/mol. The monoisotopic (exact) mass is 369 g/mol. The van der Waals surface area contributed by atoms with Crippen LogP contribution in [0.4, 0.5) is 5.82 Å². The number of hydrogen-bond donors (Lipinski definition) is 1. The molecule has 0 spiro atoms. The molecule has 140 valence electrons. The van der Waals surface area contributed by atoms with Crippen LogP contribution in [0.15, 0.2) is 85.5 Å². The molecule has 4 rings (SSSR count). The molecule has 0 atom stereocenters. The first kappa shape index (κ1) is 17.9. The van der Waals surface area contributed by atoms with E-state index in [1.54, 1.807) is 12.4 Å². The largest absolute Gasteiger partial charge is 0.362 e. The van der Waals surface area contributed by atoms with Gasteiger partial charge < -0.3 is 9.88 Å². The van der Waals surface area contributed by atoms with E-state index in [1.165, 1.54) is 5.56 Å². The molecule has 0 radical (unpaired) electrons. The molecule has 4 aromatic rings. The Labute approximate surface area is 165 Å². The van der Waals surface area contributed by atoms with E-state index in [1.807, 2.05) is 42.7 Å². The number of nitrogens with zero attached hydrogens (tertiary/aromatic N) is 4. The second kappa shape index (κ2) is 8.95. The molecule has 1 N–H and O–H groups in total. The molecule has 0 aliphatic carbocycles. The van der Waals surface area contributed by atoms with Gasteiger partial charge in [0.15, 0.2) is 0 Å². The zero-order valence-corrected chi connectivity index (χ0v) is 15.7. The predicted molar refractivity (Wildman–Crippen MR) is 112 cm³/mol. The lowest BCUT2D eigenvalue weighted by Gasteiger charge is -2.10. The van der Waals surface area contributed by atoms with Gasteiger partial charge in [-0.2, -0.15) is 0 Å². The van der Waals surface area contributed by atoms with Gasteiger partial charge in [0, 0.05) is 24.5 Å². The minimum atomic E-state index is 0.616. The third-order valence-electron chi connectivity index (χ3n) is 4.64. The molecule has 0 fully saturated rings. The lowest BCUT2D eigenvalue weighted by Crippen LogP contribution is -2.10. The summed E-state index contributed by atoms with van der Waals surface area (Å²) >= 11 is 0. The van der Waals surface area contributed by atoms with Gasteiger partial charge in [0.1, 0.15) is 11.6 Å². The summed E-state index contributed by atoms with van der Waals surface area (Å²) in [6.07, 6.45) is 9.56. The molecule has 5 nitrogen and oxygen atoms in total. The van der Waals surface area contributed by atoms with Crippen LogP contribution < -0.4 is 5.32 Å². The molecule has 0 aliphatic rings. The van der Waals surface area contributed by atoms with Crippen LogP contribution in [-0.2, 0) is 19.5 Å². The molecule has 0 saturated carbocycles. The molecule has 0 amide bonds. The van der Waals surface area contributed by atoms with Crippen LogP contribution in [0.2, 0.25) is 0 Å². The highest BCUT2D eigenvalue weighted by Crippen LogP contribution is 2.17. The summed E-state index contributed by atoms with van der Waals surface area (Å²) in [6, 6.07) is 20.7. The van der Waals surface area contributed by atoms with Gasteiger partial charge in [-0.3, -0.25) is 4.98 Å². The Kier molecular flexibility index (Phi) is 5.73. The zero-order valence-electron chi connectivity index (χ0n) is 15.7. The zero-order chi connectivity index (χ0) is 19.0. The Morgan fingerprint density at radius 1 is 0.893 bits per heavy atom. The smallest absolute Gasteiger partial charge is 0.145 e. The van der Waals surface area contributed by atoms with Gasteiger partial charge in [0.05, 0.1) is 24.6 Å². The van der Waals surface area contributed by atoms with E-state index in [0.717, 1.165) is 42.3 Å². The Morgan fingerprint density at radius 2 is 1.68 bits per heavy atom. The van der Waals surface area contributed by atoms with E-state index in [-0.39, 0.29) is 0 Å². The normalized spacial score (nSPS) is 10.7. The van der Waals surface area contributed by atoms with Crippen molar-refractivity contribution in [1.29, 1.82) is 0 Å². The second-order valence-electron chi connectivity index (χ2n) is 6.64. The van der Waals surface area contributed by atoms with Crippen LogP contribution in [0.3, 0.4) is 0 Å². The summed E-state index contributed by atoms with van der Waals surface area (Å²) in [6.45, 7) is 1.56. The highest BCUT2D eigenvalue weighted by molar-refractivity contribution is 5.59. The summed E-state index contributed by atoms with van der Waals surface area (Å²) < 4.78 is 2.20. The van der Waals surface area contributed by atoms with Crippen molar-refractivity contribution in [3.63, 3.8) is 0 Å². The lowest BCUT2D eigenvalue weighted by atomic mass is 10.1. The molecule has 2 aromatic carbocycles. The lowest BCUT2D eigenvalue weighted by molar-refractivity contribution is 0.615. The van der Waals surface area contributed by atoms with Crippen molar-refractivity contribution >= 4 is 5.82 Å². The number of aryl methyl sites for hydroxylation is 2. The van der Waals surface area contributed by atoms with Gasteiger partial charge in [-0.1, -0.05) is 60.7 Å². The minimum absolute atomic E-state index is 0.616. The van der Waals surface area contributed by atoms with Crippen molar-refractivity contribution < 1.29 is 0 Å². The van der Waals surface area contributed by atoms with Crippen molar-refractivity contribution in [2.45, 2.75) is 25.9 Å². The Balaban J connectivity index is 1.35. The molecule has 28 heavy (non-hydrogen) atoms. The van der Waals surface area contributed by atoms with Crippen LogP contribution >= 0.6 is 0 Å². The third kappa shape index (κ3) is 4.62. The molecule has 0 aliphatic heterocycles. The first-order chi connectivity index (χ1) is 13.9. The van der Waals surface area contributed by atoms with Crippen LogP contribution in [0, 0.1) is 0 Å². The summed E-state index contributed by atoms with van der Waals surface area (Å²) in [4.78, 5) is 13.5. The quantitative estimate of drug-likeness (QED) is 0.494. The highest BCUT2D eigenvalue weighted by Gasteiger charge is 2.05. The predicted octanol–water partition coefficient (Wildman–Crippen LogP) is 4.59. The highest BCUT2D eigenvalue weighted by atomic mass is 15.1. The van der Waals surface area contributed by atoms with E-state index >= 15 is 0 Å². The van der Waals surface area contributed by atoms with Crippen LogP contribution in [-0.4, -0.2) is 19.5 Å². The van der Waals surface area contributed by atoms with Gasteiger partial charge in [-0.25, -0.2) is 9.97 Å². The molecule has 2 aromatic heterocycles. The van der Waals surface area contributed by atoms with E-state index in [9.17, 15) is 0 Å². The van der Waals surface area contributed by atoms with E-state index in [0.29, 0.717) is 6.54 Å². The summed E-state index contributed by atoms with van der Waals surface area (Å²) in [5.41, 5.74) is 3.29. The number of anilines is 1. The summed E-state index contributed by atoms with van der Waals surface area (Å²) in [5.74, 6) is 1.75. The van der Waals surface area contributed by atoms with Gasteiger partial charge in [0.25, 0.3) is 0 Å². The molecule has 0 saturated heterocycles. The fraction of sp³-hybridized carbons (Fsp3) is 0.174. The Hall–Kier alpha value is -3.47. The molecule has 0 unspecified atom stereocenters. The summed E-state index contributed by atoms with van der Waals surface area (Å²) in [5, 5.41) is 3.35. The first-order valence-corrected chi connectivity index (χ1v) is 9.54. The maximum atomic E-state index is 4.66. The number of benzene rings is 2. The molecule has 2 heterocycles. The topological polar surface area (TPSA) is 55.6 Å². The first-order valence-electron chi connectivity index (χ1n) is 9.54. The average molecular weight is 369 g/mol. The van der Waals surface area contributed by atoms with Crippen molar-refractivity contribution in [1.82, 2.24) is 19.5 Å². The average Bonchev–Trinajstić information content (AvgIpc) is 3.21. The molecule has 0 bridgehead atoms. The number of imidazole rings is 1. The van der Waals surface area contributed by atoms with Gasteiger partial charge in [-0.15, -0.1) is 0 Å². The molecule has 5 heteroatoms. The number of aromatic nitrogens is 4. The SMILES string of the molecule is c1ccc(CCCn2ccnc2CNc2cncc(-c3ccccc3)n2)cc1. The minimum Gasteiger partial charge on any atom is -0.362 e. The Morgan fingerprint density at radius 3 is 2.50 bits per heavy atom. The van der Waals surface area contributed by atoms with Crippen molar-refractivity contribution in [3.05, 3.63) is 96.8 Å². The van der Waals surface area contributed by atoms with Crippen molar-refractivity contribution in [3.8, 4) is 11.3 Å². The van der Waals surface area contributed by atoms with Gasteiger partial charge in [-0.05, 0) is 18.4 Å². The van der Waals surface area contributed by atoms with Gasteiger partial charge >= 0.3 is 0 Å². The van der Waals surface area contributed by atoms with E-state index < -0.39 is 0 Å². The van der Waals surface area contributed by atoms with E-state index in [4.69, 9.17) is 0 Å². The van der Waals surface area contributed by atoms with Crippen LogP contribution in [0.5, 0.6) is 0 Å². The number of rotatable bonds is 8. The maximum absolute atomic E-state index is 4.66. The number of nitrogens with one attached hydrogen (secondary N) is 1. The molecular formula is C23H23N5. The fourth-order valence-electron chi connectivity index (χ4n) is 3.18. The van der Waals surface area contributed by atoms with Crippen LogP contribution in [0.25, 0.3) is 11.3 Å². The number of hydrogen-bond acceptors (Lipinski definition) is 4. The second-order valence-corrected chi connectivity index (χ2v) is 6.64. The standard InChI is InChI=1S/C23H23N5/c1-3-8-19(9-4-1)10-7-14-28-15-13-25-23(28)18-26-22-17-24-16-21(27-22)20-11-5-2-6-12-20/h1-6,8-9,11-13,15-17H,7,10,14,18H2,(H,26,27). The van der Waals surface area contributed by atoms with E-state index in [2.05, 4.69) is 55.2 Å².